The molecule has 1 aliphatic rings. The first-order chi connectivity index (χ1) is 7.86. The van der Waals surface area contributed by atoms with Crippen LogP contribution in [0.25, 0.3) is 0 Å². The first kappa shape index (κ1) is 13.8. The van der Waals surface area contributed by atoms with Crippen molar-refractivity contribution in [3.8, 4) is 0 Å². The van der Waals surface area contributed by atoms with E-state index in [1.807, 2.05) is 0 Å². The lowest BCUT2D eigenvalue weighted by atomic mass is 10.1. The molecule has 0 aliphatic heterocycles. The first-order valence-electron chi connectivity index (χ1n) is 5.75. The van der Waals surface area contributed by atoms with E-state index in [0.717, 1.165) is 6.42 Å². The molecule has 0 saturated heterocycles. The summed E-state index contributed by atoms with van der Waals surface area (Å²) >= 11 is 0. The third-order valence-corrected chi connectivity index (χ3v) is 3.25. The number of aliphatic hydroxyl groups is 1. The van der Waals surface area contributed by atoms with Crippen molar-refractivity contribution in [1.29, 1.82) is 0 Å². The number of hydrogen-bond donors (Lipinski definition) is 4. The van der Waals surface area contributed by atoms with Crippen molar-refractivity contribution in [2.75, 3.05) is 13.2 Å². The summed E-state index contributed by atoms with van der Waals surface area (Å²) in [6, 6.07) is -1.53. The molecular weight excluding hydrogens is 224 g/mol. The number of carboxylic acid groups (broad SMARTS) is 1. The van der Waals surface area contributed by atoms with Crippen LogP contribution in [0.15, 0.2) is 0 Å². The number of carboxylic acids is 1. The summed E-state index contributed by atoms with van der Waals surface area (Å²) in [5.74, 6) is -0.671. The highest BCUT2D eigenvalue weighted by Gasteiger charge is 2.45. The highest BCUT2D eigenvalue weighted by atomic mass is 16.4. The van der Waals surface area contributed by atoms with Gasteiger partial charge in [-0.1, -0.05) is 13.8 Å². The number of aliphatic hydroxyl groups excluding tert-OH is 1. The Bertz CT molecular complexity index is 304. The quantitative estimate of drug-likeness (QED) is 0.535. The monoisotopic (exact) mass is 244 g/mol. The maximum Gasteiger partial charge on any atom is 0.326 e. The minimum Gasteiger partial charge on any atom is -0.480 e. The zero-order chi connectivity index (χ0) is 13.1. The van der Waals surface area contributed by atoms with Crippen LogP contribution in [-0.4, -0.2) is 41.4 Å². The van der Waals surface area contributed by atoms with Crippen LogP contribution in [-0.2, 0) is 4.79 Å². The molecule has 17 heavy (non-hydrogen) atoms. The molecule has 0 bridgehead atoms. The Morgan fingerprint density at radius 3 is 2.47 bits per heavy atom. The Morgan fingerprint density at radius 2 is 2.06 bits per heavy atom. The molecule has 1 saturated carbocycles. The van der Waals surface area contributed by atoms with E-state index in [2.05, 4.69) is 24.5 Å². The van der Waals surface area contributed by atoms with Gasteiger partial charge in [0.05, 0.1) is 0 Å². The standard InChI is InChI=1S/C11H20N2O4/c1-11(2)5-7(11)6-12-10(17)13-8(3-4-14)9(15)16/h7-8,14H,3-6H2,1-2H3,(H,15,16)(H2,12,13,17)/t7?,8-/m0/s1. The van der Waals surface area contributed by atoms with Crippen molar-refractivity contribution in [2.45, 2.75) is 32.7 Å². The van der Waals surface area contributed by atoms with E-state index in [1.165, 1.54) is 0 Å². The van der Waals surface area contributed by atoms with Gasteiger partial charge < -0.3 is 20.8 Å². The number of rotatable bonds is 6. The van der Waals surface area contributed by atoms with Gasteiger partial charge in [-0.2, -0.15) is 0 Å². The zero-order valence-corrected chi connectivity index (χ0v) is 10.2. The van der Waals surface area contributed by atoms with Gasteiger partial charge in [0, 0.05) is 19.6 Å². The van der Waals surface area contributed by atoms with Gasteiger partial charge in [-0.3, -0.25) is 0 Å². The van der Waals surface area contributed by atoms with Gasteiger partial charge in [0.1, 0.15) is 6.04 Å². The summed E-state index contributed by atoms with van der Waals surface area (Å²) in [4.78, 5) is 22.1. The second-order valence-electron chi connectivity index (χ2n) is 5.15. The van der Waals surface area contributed by atoms with E-state index in [-0.39, 0.29) is 18.4 Å². The molecule has 4 N–H and O–H groups in total. The first-order valence-corrected chi connectivity index (χ1v) is 5.75. The lowest BCUT2D eigenvalue weighted by Crippen LogP contribution is -2.47. The van der Waals surface area contributed by atoms with Crippen LogP contribution < -0.4 is 10.6 Å². The SMILES string of the molecule is CC1(C)CC1CNC(=O)N[C@@H](CCO)C(=O)O. The maximum absolute atomic E-state index is 11.4. The van der Waals surface area contributed by atoms with Crippen molar-refractivity contribution in [1.82, 2.24) is 10.6 Å². The molecule has 0 aromatic rings. The number of carbonyl (C=O) groups excluding carboxylic acids is 1. The summed E-state index contributed by atoms with van der Waals surface area (Å²) in [6.45, 7) is 4.54. The smallest absolute Gasteiger partial charge is 0.326 e. The number of carbonyl (C=O) groups is 2. The number of hydrogen-bond acceptors (Lipinski definition) is 3. The van der Waals surface area contributed by atoms with Gasteiger partial charge in [-0.15, -0.1) is 0 Å². The van der Waals surface area contributed by atoms with Crippen LogP contribution in [0.5, 0.6) is 0 Å². The number of aliphatic carboxylic acids is 1. The molecule has 0 spiro atoms. The van der Waals surface area contributed by atoms with Crippen LogP contribution in [0.2, 0.25) is 0 Å². The number of urea groups is 1. The normalized spacial score (nSPS) is 22.6. The second-order valence-corrected chi connectivity index (χ2v) is 5.15. The molecule has 2 amide bonds. The minimum atomic E-state index is -1.14. The van der Waals surface area contributed by atoms with Gasteiger partial charge in [-0.05, 0) is 17.8 Å². The van der Waals surface area contributed by atoms with Crippen LogP contribution >= 0.6 is 0 Å². The average Bonchev–Trinajstić information content (AvgIpc) is 2.83. The maximum atomic E-state index is 11.4. The van der Waals surface area contributed by atoms with Crippen LogP contribution in [0.4, 0.5) is 4.79 Å². The van der Waals surface area contributed by atoms with Crippen molar-refractivity contribution in [2.24, 2.45) is 11.3 Å². The van der Waals surface area contributed by atoms with Crippen molar-refractivity contribution < 1.29 is 19.8 Å². The molecule has 1 rings (SSSR count). The summed E-state index contributed by atoms with van der Waals surface area (Å²) in [6.07, 6.45) is 1.09. The molecule has 98 valence electrons. The summed E-state index contributed by atoms with van der Waals surface area (Å²) in [5, 5.41) is 22.4. The molecule has 1 unspecified atom stereocenters. The molecule has 0 radical (unpaired) electrons. The summed E-state index contributed by atoms with van der Waals surface area (Å²) in [7, 11) is 0. The largest absolute Gasteiger partial charge is 0.480 e. The van der Waals surface area contributed by atoms with Crippen LogP contribution in [0.1, 0.15) is 26.7 Å². The predicted octanol–water partition coefficient (Wildman–Crippen LogP) is 0.167. The van der Waals surface area contributed by atoms with Crippen molar-refractivity contribution in [3.05, 3.63) is 0 Å². The fourth-order valence-electron chi connectivity index (χ4n) is 1.74. The van der Waals surface area contributed by atoms with E-state index in [1.54, 1.807) is 0 Å². The van der Waals surface area contributed by atoms with Gasteiger partial charge in [0.25, 0.3) is 0 Å². The van der Waals surface area contributed by atoms with E-state index < -0.39 is 18.0 Å². The second kappa shape index (κ2) is 5.35. The molecule has 2 atom stereocenters. The van der Waals surface area contributed by atoms with Gasteiger partial charge in [0.2, 0.25) is 0 Å². The number of nitrogens with one attached hydrogen (secondary N) is 2. The van der Waals surface area contributed by atoms with E-state index in [9.17, 15) is 9.59 Å². The van der Waals surface area contributed by atoms with Crippen molar-refractivity contribution in [3.63, 3.8) is 0 Å². The van der Waals surface area contributed by atoms with Gasteiger partial charge in [0.15, 0.2) is 0 Å². The third-order valence-electron chi connectivity index (χ3n) is 3.25. The zero-order valence-electron chi connectivity index (χ0n) is 10.2. The fourth-order valence-corrected chi connectivity index (χ4v) is 1.74. The van der Waals surface area contributed by atoms with Crippen molar-refractivity contribution >= 4 is 12.0 Å². The Balaban J connectivity index is 2.25. The van der Waals surface area contributed by atoms with E-state index in [4.69, 9.17) is 10.2 Å². The van der Waals surface area contributed by atoms with Gasteiger partial charge >= 0.3 is 12.0 Å². The minimum absolute atomic E-state index is 0.0116. The molecule has 1 fully saturated rings. The van der Waals surface area contributed by atoms with Crippen LogP contribution in [0, 0.1) is 11.3 Å². The highest BCUT2D eigenvalue weighted by molar-refractivity contribution is 5.82. The molecule has 0 aromatic heterocycles. The highest BCUT2D eigenvalue weighted by Crippen LogP contribution is 2.50. The van der Waals surface area contributed by atoms with E-state index >= 15 is 0 Å². The Labute approximate surface area is 100 Å². The average molecular weight is 244 g/mol. The van der Waals surface area contributed by atoms with Crippen LogP contribution in [0.3, 0.4) is 0 Å². The molecule has 0 heterocycles. The molecule has 0 aromatic carbocycles. The summed E-state index contributed by atoms with van der Waals surface area (Å²) < 4.78 is 0. The lowest BCUT2D eigenvalue weighted by molar-refractivity contribution is -0.139. The Morgan fingerprint density at radius 1 is 1.47 bits per heavy atom. The fraction of sp³-hybridized carbons (Fsp3) is 0.818. The number of amides is 2. The lowest BCUT2D eigenvalue weighted by Gasteiger charge is -2.14. The molecular formula is C11H20N2O4. The Kier molecular flexibility index (Phi) is 4.34. The third kappa shape index (κ3) is 4.22. The molecule has 6 nitrogen and oxygen atoms in total. The molecule has 1 aliphatic carbocycles. The predicted molar refractivity (Wildman–Crippen MR) is 61.5 cm³/mol. The topological polar surface area (TPSA) is 98.7 Å². The molecule has 6 heteroatoms. The summed E-state index contributed by atoms with van der Waals surface area (Å²) in [5.41, 5.74) is 0.282. The van der Waals surface area contributed by atoms with E-state index in [0.29, 0.717) is 12.5 Å². The Hall–Kier alpha value is -1.30. The van der Waals surface area contributed by atoms with Gasteiger partial charge in [-0.25, -0.2) is 9.59 Å².